The first-order valence-electron chi connectivity index (χ1n) is 6.58. The standard InChI is InChI=1S/C13H25NO/c1-3-14-11(2)13(6-7-13)10-12-4-8-15-9-5-12/h11-12,14H,3-10H2,1-2H3. The van der Waals surface area contributed by atoms with Gasteiger partial charge in [-0.2, -0.15) is 0 Å². The van der Waals surface area contributed by atoms with E-state index in [1.807, 2.05) is 0 Å². The van der Waals surface area contributed by atoms with E-state index in [9.17, 15) is 0 Å². The molecule has 1 unspecified atom stereocenters. The fraction of sp³-hybridized carbons (Fsp3) is 1.00. The van der Waals surface area contributed by atoms with Gasteiger partial charge in [-0.15, -0.1) is 0 Å². The summed E-state index contributed by atoms with van der Waals surface area (Å²) in [4.78, 5) is 0. The van der Waals surface area contributed by atoms with Gasteiger partial charge in [0.2, 0.25) is 0 Å². The van der Waals surface area contributed by atoms with E-state index in [0.717, 1.165) is 25.7 Å². The quantitative estimate of drug-likeness (QED) is 0.754. The van der Waals surface area contributed by atoms with Gasteiger partial charge in [-0.05, 0) is 56.9 Å². The monoisotopic (exact) mass is 211 g/mol. The van der Waals surface area contributed by atoms with Gasteiger partial charge in [0.1, 0.15) is 0 Å². The molecule has 1 atom stereocenters. The van der Waals surface area contributed by atoms with Crippen LogP contribution in [0.1, 0.15) is 46.0 Å². The number of rotatable bonds is 5. The van der Waals surface area contributed by atoms with Gasteiger partial charge in [-0.3, -0.25) is 0 Å². The summed E-state index contributed by atoms with van der Waals surface area (Å²) in [6.07, 6.45) is 6.91. The minimum atomic E-state index is 0.651. The first-order chi connectivity index (χ1) is 7.27. The smallest absolute Gasteiger partial charge is 0.0468 e. The SMILES string of the molecule is CCNC(C)C1(CC2CCOCC2)CC1. The van der Waals surface area contributed by atoms with Gasteiger partial charge in [0.05, 0.1) is 0 Å². The maximum atomic E-state index is 5.43. The van der Waals surface area contributed by atoms with Gasteiger partial charge in [0.25, 0.3) is 0 Å². The third-order valence-electron chi connectivity index (χ3n) is 4.36. The van der Waals surface area contributed by atoms with Crippen molar-refractivity contribution in [3.63, 3.8) is 0 Å². The van der Waals surface area contributed by atoms with Gasteiger partial charge in [0, 0.05) is 19.3 Å². The summed E-state index contributed by atoms with van der Waals surface area (Å²) in [5.41, 5.74) is 0.651. The van der Waals surface area contributed by atoms with Crippen LogP contribution in [0, 0.1) is 11.3 Å². The van der Waals surface area contributed by atoms with E-state index in [1.165, 1.54) is 32.1 Å². The topological polar surface area (TPSA) is 21.3 Å². The van der Waals surface area contributed by atoms with Crippen LogP contribution >= 0.6 is 0 Å². The highest BCUT2D eigenvalue weighted by Crippen LogP contribution is 2.54. The second kappa shape index (κ2) is 4.84. The van der Waals surface area contributed by atoms with Crippen LogP contribution in [0.15, 0.2) is 0 Å². The van der Waals surface area contributed by atoms with Crippen LogP contribution < -0.4 is 5.32 Å². The molecule has 1 saturated carbocycles. The maximum Gasteiger partial charge on any atom is 0.0468 e. The van der Waals surface area contributed by atoms with Crippen LogP contribution in [-0.4, -0.2) is 25.8 Å². The normalized spacial score (nSPS) is 27.6. The molecular formula is C13H25NO. The van der Waals surface area contributed by atoms with Crippen molar-refractivity contribution in [2.45, 2.75) is 52.0 Å². The average Bonchev–Trinajstić information content (AvgIpc) is 3.01. The number of hydrogen-bond acceptors (Lipinski definition) is 2. The lowest BCUT2D eigenvalue weighted by molar-refractivity contribution is 0.0544. The predicted molar refractivity (Wildman–Crippen MR) is 63.0 cm³/mol. The molecule has 0 aromatic heterocycles. The third kappa shape index (κ3) is 2.73. The lowest BCUT2D eigenvalue weighted by Gasteiger charge is -2.30. The minimum Gasteiger partial charge on any atom is -0.381 e. The Morgan fingerprint density at radius 2 is 2.00 bits per heavy atom. The van der Waals surface area contributed by atoms with E-state index in [0.29, 0.717) is 11.5 Å². The van der Waals surface area contributed by atoms with E-state index in [-0.39, 0.29) is 0 Å². The van der Waals surface area contributed by atoms with E-state index >= 15 is 0 Å². The van der Waals surface area contributed by atoms with Crippen molar-refractivity contribution in [1.82, 2.24) is 5.32 Å². The van der Waals surface area contributed by atoms with Crippen LogP contribution in [0.25, 0.3) is 0 Å². The molecule has 1 aliphatic heterocycles. The molecule has 2 fully saturated rings. The number of hydrogen-bond donors (Lipinski definition) is 1. The second-order valence-corrected chi connectivity index (χ2v) is 5.40. The van der Waals surface area contributed by atoms with Crippen molar-refractivity contribution in [3.05, 3.63) is 0 Å². The van der Waals surface area contributed by atoms with Crippen LogP contribution in [0.4, 0.5) is 0 Å². The molecule has 0 spiro atoms. The zero-order valence-electron chi connectivity index (χ0n) is 10.2. The fourth-order valence-electron chi connectivity index (χ4n) is 3.02. The molecular weight excluding hydrogens is 186 g/mol. The van der Waals surface area contributed by atoms with Crippen molar-refractivity contribution in [2.24, 2.45) is 11.3 Å². The van der Waals surface area contributed by atoms with Crippen molar-refractivity contribution < 1.29 is 4.74 Å². The molecule has 0 aromatic rings. The fourth-order valence-corrected chi connectivity index (χ4v) is 3.02. The van der Waals surface area contributed by atoms with Gasteiger partial charge >= 0.3 is 0 Å². The Morgan fingerprint density at radius 3 is 2.53 bits per heavy atom. The minimum absolute atomic E-state index is 0.651. The lowest BCUT2D eigenvalue weighted by Crippen LogP contribution is -2.36. The van der Waals surface area contributed by atoms with Gasteiger partial charge in [-0.1, -0.05) is 6.92 Å². The summed E-state index contributed by atoms with van der Waals surface area (Å²) < 4.78 is 5.43. The maximum absolute atomic E-state index is 5.43. The van der Waals surface area contributed by atoms with Gasteiger partial charge in [-0.25, -0.2) is 0 Å². The highest BCUT2D eigenvalue weighted by atomic mass is 16.5. The van der Waals surface area contributed by atoms with Crippen molar-refractivity contribution in [1.29, 1.82) is 0 Å². The Bertz CT molecular complexity index is 195. The Kier molecular flexibility index (Phi) is 3.68. The molecule has 2 nitrogen and oxygen atoms in total. The summed E-state index contributed by atoms with van der Waals surface area (Å²) in [5.74, 6) is 0.933. The molecule has 2 heteroatoms. The van der Waals surface area contributed by atoms with Crippen molar-refractivity contribution in [3.8, 4) is 0 Å². The van der Waals surface area contributed by atoms with Gasteiger partial charge in [0.15, 0.2) is 0 Å². The molecule has 1 saturated heterocycles. The molecule has 2 aliphatic rings. The lowest BCUT2D eigenvalue weighted by atomic mass is 9.83. The molecule has 2 rings (SSSR count). The molecule has 15 heavy (non-hydrogen) atoms. The Morgan fingerprint density at radius 1 is 1.33 bits per heavy atom. The summed E-state index contributed by atoms with van der Waals surface area (Å²) in [6.45, 7) is 7.68. The molecule has 0 radical (unpaired) electrons. The van der Waals surface area contributed by atoms with Crippen LogP contribution in [0.2, 0.25) is 0 Å². The highest BCUT2D eigenvalue weighted by molar-refractivity contribution is 5.01. The highest BCUT2D eigenvalue weighted by Gasteiger charge is 2.47. The first kappa shape index (κ1) is 11.4. The summed E-state index contributed by atoms with van der Waals surface area (Å²) in [7, 11) is 0. The largest absolute Gasteiger partial charge is 0.381 e. The Labute approximate surface area is 93.8 Å². The van der Waals surface area contributed by atoms with Crippen molar-refractivity contribution in [2.75, 3.05) is 19.8 Å². The molecule has 88 valence electrons. The average molecular weight is 211 g/mol. The molecule has 1 aliphatic carbocycles. The number of ether oxygens (including phenoxy) is 1. The molecule has 1 N–H and O–H groups in total. The first-order valence-corrected chi connectivity index (χ1v) is 6.58. The summed E-state index contributed by atoms with van der Waals surface area (Å²) >= 11 is 0. The third-order valence-corrected chi connectivity index (χ3v) is 4.36. The van der Waals surface area contributed by atoms with E-state index in [1.54, 1.807) is 0 Å². The molecule has 1 heterocycles. The number of nitrogens with one attached hydrogen (secondary N) is 1. The molecule has 0 bridgehead atoms. The Balaban J connectivity index is 1.81. The van der Waals surface area contributed by atoms with E-state index < -0.39 is 0 Å². The Hall–Kier alpha value is -0.0800. The van der Waals surface area contributed by atoms with Crippen LogP contribution in [-0.2, 0) is 4.74 Å². The van der Waals surface area contributed by atoms with E-state index in [4.69, 9.17) is 4.74 Å². The van der Waals surface area contributed by atoms with Crippen LogP contribution in [0.5, 0.6) is 0 Å². The summed E-state index contributed by atoms with van der Waals surface area (Å²) in [6, 6.07) is 0.713. The van der Waals surface area contributed by atoms with E-state index in [2.05, 4.69) is 19.2 Å². The van der Waals surface area contributed by atoms with Crippen LogP contribution in [0.3, 0.4) is 0 Å². The second-order valence-electron chi connectivity index (χ2n) is 5.40. The molecule has 0 amide bonds. The van der Waals surface area contributed by atoms with Crippen molar-refractivity contribution >= 4 is 0 Å². The zero-order valence-corrected chi connectivity index (χ0v) is 10.2. The van der Waals surface area contributed by atoms with Gasteiger partial charge < -0.3 is 10.1 Å². The zero-order chi connectivity index (χ0) is 10.7. The predicted octanol–water partition coefficient (Wildman–Crippen LogP) is 2.58. The molecule has 0 aromatic carbocycles. The summed E-state index contributed by atoms with van der Waals surface area (Å²) in [5, 5.41) is 3.61.